The Labute approximate surface area is 97.2 Å². The molecule has 1 aromatic carbocycles. The van der Waals surface area contributed by atoms with Crippen molar-refractivity contribution in [2.24, 2.45) is 0 Å². The van der Waals surface area contributed by atoms with Crippen LogP contribution in [0.15, 0.2) is 24.3 Å². The standard InChI is InChI=1S/C13H20N2O/c1-10(2)14-7-8-15-13(16)12-6-4-5-11(3)9-12/h4-6,9-10,14H,7-8H2,1-3H3,(H,15,16)/p+1. The van der Waals surface area contributed by atoms with Gasteiger partial charge in [0.25, 0.3) is 0 Å². The summed E-state index contributed by atoms with van der Waals surface area (Å²) in [6, 6.07) is 8.28. The molecule has 0 bridgehead atoms. The summed E-state index contributed by atoms with van der Waals surface area (Å²) in [6.07, 6.45) is 0. The molecule has 0 aliphatic carbocycles. The second-order valence-electron chi connectivity index (χ2n) is 4.25. The molecule has 0 aromatic heterocycles. The van der Waals surface area contributed by atoms with Gasteiger partial charge in [0.1, 0.15) is 0 Å². The maximum atomic E-state index is 9.79. The third-order valence-electron chi connectivity index (χ3n) is 2.26. The Hall–Kier alpha value is -1.35. The summed E-state index contributed by atoms with van der Waals surface area (Å²) in [5.41, 5.74) is 1.98. The smallest absolute Gasteiger partial charge is 0.365 e. The Morgan fingerprint density at radius 3 is 2.81 bits per heavy atom. The normalized spacial score (nSPS) is 12.1. The molecule has 0 atom stereocenters. The van der Waals surface area contributed by atoms with E-state index in [9.17, 15) is 5.11 Å². The van der Waals surface area contributed by atoms with E-state index in [0.29, 0.717) is 6.04 Å². The van der Waals surface area contributed by atoms with Gasteiger partial charge < -0.3 is 10.4 Å². The van der Waals surface area contributed by atoms with E-state index < -0.39 is 0 Å². The van der Waals surface area contributed by atoms with Crippen molar-refractivity contribution in [2.75, 3.05) is 13.1 Å². The highest BCUT2D eigenvalue weighted by Crippen LogP contribution is 2.01. The van der Waals surface area contributed by atoms with Crippen molar-refractivity contribution < 1.29 is 10.1 Å². The van der Waals surface area contributed by atoms with Gasteiger partial charge in [-0.3, -0.25) is 0 Å². The van der Waals surface area contributed by atoms with Gasteiger partial charge in [-0.1, -0.05) is 31.5 Å². The Bertz CT molecular complexity index is 359. The van der Waals surface area contributed by atoms with Crippen LogP contribution in [-0.2, 0) is 0 Å². The predicted octanol–water partition coefficient (Wildman–Crippen LogP) is 0.378. The topological polar surface area (TPSA) is 46.2 Å². The minimum Gasteiger partial charge on any atom is -0.460 e. The van der Waals surface area contributed by atoms with E-state index in [1.807, 2.05) is 31.2 Å². The first kappa shape index (κ1) is 12.7. The molecular weight excluding hydrogens is 200 g/mol. The molecule has 3 heteroatoms. The van der Waals surface area contributed by atoms with Crippen LogP contribution in [-0.4, -0.2) is 30.1 Å². The van der Waals surface area contributed by atoms with Crippen LogP contribution in [0.3, 0.4) is 0 Å². The van der Waals surface area contributed by atoms with Crippen LogP contribution < -0.4 is 10.3 Å². The molecule has 0 amide bonds. The third-order valence-corrected chi connectivity index (χ3v) is 2.26. The van der Waals surface area contributed by atoms with Gasteiger partial charge in [-0.25, -0.2) is 4.99 Å². The van der Waals surface area contributed by atoms with Crippen molar-refractivity contribution in [2.45, 2.75) is 26.8 Å². The molecule has 0 fully saturated rings. The molecule has 0 spiro atoms. The minimum absolute atomic E-state index is 0.245. The summed E-state index contributed by atoms with van der Waals surface area (Å²) in [5.74, 6) is 0.245. The SMILES string of the molecule is Cc1cccc(C(O)=[NH+]CCNC(C)C)c1. The zero-order valence-electron chi connectivity index (χ0n) is 10.2. The maximum Gasteiger partial charge on any atom is 0.365 e. The predicted molar refractivity (Wildman–Crippen MR) is 66.9 cm³/mol. The lowest BCUT2D eigenvalue weighted by molar-refractivity contribution is -0.463. The molecule has 1 rings (SSSR count). The lowest BCUT2D eigenvalue weighted by Crippen LogP contribution is -2.75. The van der Waals surface area contributed by atoms with Gasteiger partial charge >= 0.3 is 5.90 Å². The van der Waals surface area contributed by atoms with Crippen molar-refractivity contribution in [1.82, 2.24) is 5.32 Å². The number of aliphatic hydroxyl groups excluding tert-OH is 1. The van der Waals surface area contributed by atoms with Crippen LogP contribution >= 0.6 is 0 Å². The van der Waals surface area contributed by atoms with Crippen LogP contribution in [0.25, 0.3) is 0 Å². The number of rotatable bonds is 5. The molecule has 16 heavy (non-hydrogen) atoms. The molecule has 0 aliphatic rings. The Balaban J connectivity index is 2.50. The fourth-order valence-electron chi connectivity index (χ4n) is 1.44. The molecule has 0 saturated carbocycles. The third kappa shape index (κ3) is 4.45. The second-order valence-corrected chi connectivity index (χ2v) is 4.25. The first-order valence-corrected chi connectivity index (χ1v) is 5.70. The molecular formula is C13H21N2O+. The van der Waals surface area contributed by atoms with Gasteiger partial charge in [0, 0.05) is 6.04 Å². The van der Waals surface area contributed by atoms with E-state index in [2.05, 4.69) is 24.2 Å². The molecule has 0 aliphatic heterocycles. The summed E-state index contributed by atoms with van der Waals surface area (Å²) >= 11 is 0. The van der Waals surface area contributed by atoms with Crippen LogP contribution in [0.4, 0.5) is 0 Å². The van der Waals surface area contributed by atoms with Gasteiger partial charge in [0.05, 0.1) is 12.1 Å². The molecule has 3 N–H and O–H groups in total. The maximum absolute atomic E-state index is 9.79. The number of nitrogens with one attached hydrogen (secondary N) is 2. The fourth-order valence-corrected chi connectivity index (χ4v) is 1.44. The molecule has 1 aromatic rings. The second kappa shape index (κ2) is 6.28. The fraction of sp³-hybridized carbons (Fsp3) is 0.462. The van der Waals surface area contributed by atoms with Crippen molar-refractivity contribution in [3.05, 3.63) is 35.4 Å². The van der Waals surface area contributed by atoms with Crippen LogP contribution in [0, 0.1) is 6.92 Å². The largest absolute Gasteiger partial charge is 0.460 e. The van der Waals surface area contributed by atoms with Gasteiger partial charge in [0.15, 0.2) is 6.54 Å². The van der Waals surface area contributed by atoms with E-state index in [0.717, 1.165) is 24.2 Å². The molecule has 3 nitrogen and oxygen atoms in total. The average molecular weight is 221 g/mol. The molecule has 88 valence electrons. The number of aliphatic hydroxyl groups is 1. The summed E-state index contributed by atoms with van der Waals surface area (Å²) in [4.78, 5) is 2.99. The molecule has 0 heterocycles. The van der Waals surface area contributed by atoms with Gasteiger partial charge in [-0.15, -0.1) is 0 Å². The lowest BCUT2D eigenvalue weighted by atomic mass is 10.1. The summed E-state index contributed by atoms with van der Waals surface area (Å²) < 4.78 is 0. The van der Waals surface area contributed by atoms with Crippen molar-refractivity contribution >= 4 is 5.90 Å². The number of hydrogen-bond acceptors (Lipinski definition) is 1. The van der Waals surface area contributed by atoms with E-state index >= 15 is 0 Å². The summed E-state index contributed by atoms with van der Waals surface area (Å²) in [5, 5.41) is 13.1. The highest BCUT2D eigenvalue weighted by molar-refractivity contribution is 5.87. The van der Waals surface area contributed by atoms with Crippen molar-refractivity contribution in [3.63, 3.8) is 0 Å². The van der Waals surface area contributed by atoms with E-state index in [1.54, 1.807) is 0 Å². The summed E-state index contributed by atoms with van der Waals surface area (Å²) in [6.45, 7) is 7.77. The Morgan fingerprint density at radius 2 is 2.19 bits per heavy atom. The number of aryl methyl sites for hydroxylation is 1. The van der Waals surface area contributed by atoms with Crippen LogP contribution in [0.1, 0.15) is 25.0 Å². The van der Waals surface area contributed by atoms with Gasteiger partial charge in [-0.05, 0) is 19.1 Å². The zero-order valence-corrected chi connectivity index (χ0v) is 10.2. The Morgan fingerprint density at radius 1 is 1.44 bits per heavy atom. The van der Waals surface area contributed by atoms with Gasteiger partial charge in [0.2, 0.25) is 0 Å². The molecule has 0 unspecified atom stereocenters. The summed E-state index contributed by atoms with van der Waals surface area (Å²) in [7, 11) is 0. The number of benzene rings is 1. The van der Waals surface area contributed by atoms with Crippen molar-refractivity contribution in [1.29, 1.82) is 0 Å². The Kier molecular flexibility index (Phi) is 4.99. The average Bonchev–Trinajstić information content (AvgIpc) is 2.24. The van der Waals surface area contributed by atoms with Gasteiger partial charge in [-0.2, -0.15) is 0 Å². The van der Waals surface area contributed by atoms with Crippen LogP contribution in [0.5, 0.6) is 0 Å². The lowest BCUT2D eigenvalue weighted by Gasteiger charge is -2.03. The van der Waals surface area contributed by atoms with E-state index in [4.69, 9.17) is 0 Å². The highest BCUT2D eigenvalue weighted by Gasteiger charge is 2.06. The molecule has 0 radical (unpaired) electrons. The molecule has 0 saturated heterocycles. The first-order chi connectivity index (χ1) is 7.59. The van der Waals surface area contributed by atoms with E-state index in [1.165, 1.54) is 0 Å². The van der Waals surface area contributed by atoms with E-state index in [-0.39, 0.29) is 5.90 Å². The first-order valence-electron chi connectivity index (χ1n) is 5.70. The minimum atomic E-state index is 0.245. The quantitative estimate of drug-likeness (QED) is 0.382. The monoisotopic (exact) mass is 221 g/mol. The number of hydrogen-bond donors (Lipinski definition) is 3. The van der Waals surface area contributed by atoms with Crippen LogP contribution in [0.2, 0.25) is 0 Å². The zero-order chi connectivity index (χ0) is 12.0. The van der Waals surface area contributed by atoms with Crippen molar-refractivity contribution in [3.8, 4) is 0 Å². The highest BCUT2D eigenvalue weighted by atomic mass is 16.3.